The zero-order chi connectivity index (χ0) is 13.7. The molecule has 19 heavy (non-hydrogen) atoms. The number of rotatable bonds is 5. The van der Waals surface area contributed by atoms with E-state index >= 15 is 0 Å². The fourth-order valence-corrected chi connectivity index (χ4v) is 2.17. The number of carbonyl (C=O) groups is 1. The Labute approximate surface area is 115 Å². The molecule has 0 bridgehead atoms. The highest BCUT2D eigenvalue weighted by molar-refractivity contribution is 7.13. The number of nitrogens with two attached hydrogens (primary N) is 1. The minimum Gasteiger partial charge on any atom is -0.497 e. The highest BCUT2D eigenvalue weighted by Crippen LogP contribution is 2.16. The minimum absolute atomic E-state index is 0.0447. The number of thiazole rings is 1. The van der Waals surface area contributed by atoms with Crippen LogP contribution in [-0.4, -0.2) is 18.0 Å². The van der Waals surface area contributed by atoms with E-state index in [1.165, 1.54) is 11.3 Å². The van der Waals surface area contributed by atoms with E-state index < -0.39 is 0 Å². The Morgan fingerprint density at radius 3 is 2.74 bits per heavy atom. The van der Waals surface area contributed by atoms with Crippen molar-refractivity contribution in [3.63, 3.8) is 0 Å². The second-order valence-corrected chi connectivity index (χ2v) is 4.84. The third-order valence-electron chi connectivity index (χ3n) is 2.55. The van der Waals surface area contributed by atoms with E-state index in [9.17, 15) is 4.79 Å². The Hall–Kier alpha value is -2.08. The Morgan fingerprint density at radius 2 is 2.16 bits per heavy atom. The normalized spacial score (nSPS) is 10.2. The van der Waals surface area contributed by atoms with E-state index in [1.807, 2.05) is 5.38 Å². The van der Waals surface area contributed by atoms with Crippen molar-refractivity contribution in [1.29, 1.82) is 0 Å². The number of nitrogen functional groups attached to an aromatic ring is 1. The monoisotopic (exact) mass is 277 g/mol. The van der Waals surface area contributed by atoms with Crippen LogP contribution in [0.2, 0.25) is 0 Å². The van der Waals surface area contributed by atoms with Crippen molar-refractivity contribution in [1.82, 2.24) is 4.98 Å². The van der Waals surface area contributed by atoms with E-state index in [0.717, 1.165) is 17.1 Å². The third kappa shape index (κ3) is 3.96. The summed E-state index contributed by atoms with van der Waals surface area (Å²) in [6, 6.07) is 7.21. The average Bonchev–Trinajstić information content (AvgIpc) is 2.83. The maximum atomic E-state index is 11.7. The highest BCUT2D eigenvalue weighted by Gasteiger charge is 2.05. The minimum atomic E-state index is -0.0447. The van der Waals surface area contributed by atoms with Crippen LogP contribution < -0.4 is 15.8 Å². The van der Waals surface area contributed by atoms with Gasteiger partial charge in [0.25, 0.3) is 0 Å². The largest absolute Gasteiger partial charge is 0.497 e. The number of hydrogen-bond acceptors (Lipinski definition) is 5. The number of aryl methyl sites for hydroxylation is 1. The van der Waals surface area contributed by atoms with Gasteiger partial charge in [-0.15, -0.1) is 11.3 Å². The van der Waals surface area contributed by atoms with Gasteiger partial charge in [0.2, 0.25) is 5.91 Å². The van der Waals surface area contributed by atoms with Crippen LogP contribution in [-0.2, 0) is 11.2 Å². The molecule has 0 spiro atoms. The SMILES string of the molecule is COc1ccc(NC(=O)CCc2csc(N)n2)cc1. The van der Waals surface area contributed by atoms with Gasteiger partial charge >= 0.3 is 0 Å². The smallest absolute Gasteiger partial charge is 0.224 e. The molecule has 0 aliphatic carbocycles. The van der Waals surface area contributed by atoms with Crippen LogP contribution in [0.25, 0.3) is 0 Å². The lowest BCUT2D eigenvalue weighted by Crippen LogP contribution is -2.12. The number of aromatic nitrogens is 1. The molecule has 1 heterocycles. The summed E-state index contributed by atoms with van der Waals surface area (Å²) >= 11 is 1.39. The molecule has 1 amide bonds. The van der Waals surface area contributed by atoms with Gasteiger partial charge in [0.1, 0.15) is 5.75 Å². The lowest BCUT2D eigenvalue weighted by Gasteiger charge is -2.05. The molecule has 2 rings (SSSR count). The first-order valence-corrected chi connectivity index (χ1v) is 6.69. The molecular formula is C13H15N3O2S. The lowest BCUT2D eigenvalue weighted by molar-refractivity contribution is -0.116. The summed E-state index contributed by atoms with van der Waals surface area (Å²) in [5, 5.41) is 5.22. The molecule has 1 aromatic carbocycles. The van der Waals surface area contributed by atoms with Gasteiger partial charge in [0, 0.05) is 17.5 Å². The first kappa shape index (κ1) is 13.4. The molecule has 0 aliphatic rings. The predicted octanol–water partition coefficient (Wildman–Crippen LogP) is 2.31. The highest BCUT2D eigenvalue weighted by atomic mass is 32.1. The van der Waals surface area contributed by atoms with Crippen molar-refractivity contribution in [2.75, 3.05) is 18.2 Å². The molecule has 0 fully saturated rings. The van der Waals surface area contributed by atoms with Gasteiger partial charge in [-0.25, -0.2) is 4.98 Å². The van der Waals surface area contributed by atoms with E-state index in [1.54, 1.807) is 31.4 Å². The lowest BCUT2D eigenvalue weighted by atomic mass is 10.2. The zero-order valence-electron chi connectivity index (χ0n) is 10.6. The zero-order valence-corrected chi connectivity index (χ0v) is 11.4. The van der Waals surface area contributed by atoms with E-state index in [2.05, 4.69) is 10.3 Å². The molecule has 2 aromatic rings. The van der Waals surface area contributed by atoms with Crippen molar-refractivity contribution in [3.05, 3.63) is 35.3 Å². The summed E-state index contributed by atoms with van der Waals surface area (Å²) in [5.74, 6) is 0.715. The quantitative estimate of drug-likeness (QED) is 0.879. The molecule has 0 atom stereocenters. The Balaban J connectivity index is 1.83. The van der Waals surface area contributed by atoms with Crippen LogP contribution in [0.4, 0.5) is 10.8 Å². The van der Waals surface area contributed by atoms with Crippen LogP contribution in [0, 0.1) is 0 Å². The van der Waals surface area contributed by atoms with Gasteiger partial charge in [-0.1, -0.05) is 0 Å². The van der Waals surface area contributed by atoms with Crippen LogP contribution in [0.15, 0.2) is 29.6 Å². The third-order valence-corrected chi connectivity index (χ3v) is 3.27. The van der Waals surface area contributed by atoms with Crippen molar-refractivity contribution in [3.8, 4) is 5.75 Å². The maximum Gasteiger partial charge on any atom is 0.224 e. The molecule has 5 nitrogen and oxygen atoms in total. The van der Waals surface area contributed by atoms with Crippen LogP contribution >= 0.6 is 11.3 Å². The van der Waals surface area contributed by atoms with Crippen LogP contribution in [0.3, 0.4) is 0 Å². The summed E-state index contributed by atoms with van der Waals surface area (Å²) in [7, 11) is 1.60. The second kappa shape index (κ2) is 6.19. The first-order valence-electron chi connectivity index (χ1n) is 5.81. The summed E-state index contributed by atoms with van der Waals surface area (Å²) in [4.78, 5) is 15.9. The Kier molecular flexibility index (Phi) is 4.35. The summed E-state index contributed by atoms with van der Waals surface area (Å²) in [6.07, 6.45) is 0.977. The van der Waals surface area contributed by atoms with Gasteiger partial charge in [-0.3, -0.25) is 4.79 Å². The van der Waals surface area contributed by atoms with Gasteiger partial charge in [0.05, 0.1) is 12.8 Å². The fourth-order valence-electron chi connectivity index (χ4n) is 1.58. The van der Waals surface area contributed by atoms with Gasteiger partial charge in [0.15, 0.2) is 5.13 Å². The second-order valence-electron chi connectivity index (χ2n) is 3.95. The van der Waals surface area contributed by atoms with Crippen LogP contribution in [0.5, 0.6) is 5.75 Å². The molecule has 0 saturated heterocycles. The number of anilines is 2. The average molecular weight is 277 g/mol. The fraction of sp³-hybridized carbons (Fsp3) is 0.231. The summed E-state index contributed by atoms with van der Waals surface area (Å²) < 4.78 is 5.05. The molecule has 0 saturated carbocycles. The predicted molar refractivity (Wildman–Crippen MR) is 76.5 cm³/mol. The molecule has 100 valence electrons. The Morgan fingerprint density at radius 1 is 1.42 bits per heavy atom. The molecule has 0 unspecified atom stereocenters. The van der Waals surface area contributed by atoms with Gasteiger partial charge < -0.3 is 15.8 Å². The standard InChI is InChI=1S/C13H15N3O2S/c1-18-11-5-2-9(3-6-11)15-12(17)7-4-10-8-19-13(14)16-10/h2-3,5-6,8H,4,7H2,1H3,(H2,14,16)(H,15,17). The Bertz CT molecular complexity index is 551. The molecule has 3 N–H and O–H groups in total. The number of nitrogens with one attached hydrogen (secondary N) is 1. The molecule has 0 aliphatic heterocycles. The van der Waals surface area contributed by atoms with Crippen LogP contribution in [0.1, 0.15) is 12.1 Å². The number of methoxy groups -OCH3 is 1. The first-order chi connectivity index (χ1) is 9.17. The summed E-state index contributed by atoms with van der Waals surface area (Å²) in [5.41, 5.74) is 7.14. The maximum absolute atomic E-state index is 11.7. The number of benzene rings is 1. The number of hydrogen-bond donors (Lipinski definition) is 2. The van der Waals surface area contributed by atoms with E-state index in [4.69, 9.17) is 10.5 Å². The van der Waals surface area contributed by atoms with Crippen molar-refractivity contribution >= 4 is 28.1 Å². The van der Waals surface area contributed by atoms with Crippen molar-refractivity contribution in [2.45, 2.75) is 12.8 Å². The number of carbonyl (C=O) groups excluding carboxylic acids is 1. The molecule has 6 heteroatoms. The topological polar surface area (TPSA) is 77.2 Å². The molecule has 0 radical (unpaired) electrons. The van der Waals surface area contributed by atoms with Crippen molar-refractivity contribution < 1.29 is 9.53 Å². The summed E-state index contributed by atoms with van der Waals surface area (Å²) in [6.45, 7) is 0. The number of amides is 1. The number of ether oxygens (including phenoxy) is 1. The van der Waals surface area contributed by atoms with E-state index in [-0.39, 0.29) is 5.91 Å². The van der Waals surface area contributed by atoms with Gasteiger partial charge in [-0.05, 0) is 30.7 Å². The molecular weight excluding hydrogens is 262 g/mol. The van der Waals surface area contributed by atoms with Crippen molar-refractivity contribution in [2.24, 2.45) is 0 Å². The van der Waals surface area contributed by atoms with E-state index in [0.29, 0.717) is 18.0 Å². The van der Waals surface area contributed by atoms with Gasteiger partial charge in [-0.2, -0.15) is 0 Å². The number of nitrogens with zero attached hydrogens (tertiary/aromatic N) is 1. The molecule has 1 aromatic heterocycles.